The number of hydrogen-bond donors (Lipinski definition) is 0. The molecule has 0 N–H and O–H groups in total. The van der Waals surface area contributed by atoms with Gasteiger partial charge in [0.25, 0.3) is 5.56 Å². The molecule has 0 amide bonds. The Bertz CT molecular complexity index is 1640. The van der Waals surface area contributed by atoms with Crippen molar-refractivity contribution in [2.75, 3.05) is 0 Å². The highest BCUT2D eigenvalue weighted by Gasteiger charge is 2.16. The molecule has 0 unspecified atom stereocenters. The number of hydrogen-bond acceptors (Lipinski definition) is 5. The molecular weight excluding hydrogens is 530 g/mol. The van der Waals surface area contributed by atoms with Gasteiger partial charge in [0.1, 0.15) is 11.3 Å². The van der Waals surface area contributed by atoms with Crippen LogP contribution < -0.4 is 10.3 Å². The minimum absolute atomic E-state index is 0.106. The predicted octanol–water partition coefficient (Wildman–Crippen LogP) is 7.29. The number of nitrogens with zero attached hydrogens (tertiary/aromatic N) is 3. The average Bonchev–Trinajstić information content (AvgIpc) is 3.28. The average molecular weight is 551 g/mol. The Morgan fingerprint density at radius 3 is 2.80 bits per heavy atom. The van der Waals surface area contributed by atoms with Gasteiger partial charge in [0.2, 0.25) is 5.82 Å². The summed E-state index contributed by atoms with van der Waals surface area (Å²) in [5, 5.41) is 6.38. The third-order valence-electron chi connectivity index (χ3n) is 5.63. The summed E-state index contributed by atoms with van der Waals surface area (Å²) in [5.41, 5.74) is 1.70. The number of rotatable bonds is 6. The Hall–Kier alpha value is -3.42. The van der Waals surface area contributed by atoms with Gasteiger partial charge in [-0.25, -0.2) is 4.98 Å². The zero-order valence-electron chi connectivity index (χ0n) is 19.0. The smallest absolute Gasteiger partial charge is 0.282 e. The van der Waals surface area contributed by atoms with Crippen molar-refractivity contribution in [2.24, 2.45) is 5.10 Å². The SMILES string of the molecule is CC[C@H](C)Oc1ccc(C=Nn2c(-c3cc4cc(Cl)ccc4o3)nc3ccccc3c2=O)cc1Br. The second-order valence-corrected chi connectivity index (χ2v) is 9.42. The number of benzene rings is 3. The van der Waals surface area contributed by atoms with E-state index in [0.29, 0.717) is 33.1 Å². The molecular formula is C27H21BrClN3O3. The summed E-state index contributed by atoms with van der Waals surface area (Å²) < 4.78 is 14.0. The highest BCUT2D eigenvalue weighted by Crippen LogP contribution is 2.30. The van der Waals surface area contributed by atoms with E-state index in [1.807, 2.05) is 31.2 Å². The van der Waals surface area contributed by atoms with Gasteiger partial charge in [0, 0.05) is 10.4 Å². The molecule has 8 heteroatoms. The predicted molar refractivity (Wildman–Crippen MR) is 144 cm³/mol. The first-order valence-electron chi connectivity index (χ1n) is 11.1. The molecule has 0 radical (unpaired) electrons. The fourth-order valence-corrected chi connectivity index (χ4v) is 4.30. The van der Waals surface area contributed by atoms with Crippen LogP contribution in [0.1, 0.15) is 25.8 Å². The molecule has 0 aliphatic heterocycles. The summed E-state index contributed by atoms with van der Waals surface area (Å²) in [4.78, 5) is 18.1. The van der Waals surface area contributed by atoms with E-state index in [4.69, 9.17) is 25.7 Å². The molecule has 35 heavy (non-hydrogen) atoms. The Kier molecular flexibility index (Phi) is 6.45. The molecule has 3 aromatic carbocycles. The lowest BCUT2D eigenvalue weighted by Crippen LogP contribution is -2.20. The van der Waals surface area contributed by atoms with Gasteiger partial charge in [-0.15, -0.1) is 0 Å². The highest BCUT2D eigenvalue weighted by atomic mass is 79.9. The summed E-state index contributed by atoms with van der Waals surface area (Å²) in [5.74, 6) is 1.47. The molecule has 0 bridgehead atoms. The molecule has 2 heterocycles. The summed E-state index contributed by atoms with van der Waals surface area (Å²) in [6.45, 7) is 4.09. The van der Waals surface area contributed by atoms with Crippen LogP contribution in [0.5, 0.6) is 5.75 Å². The lowest BCUT2D eigenvalue weighted by molar-refractivity contribution is 0.216. The van der Waals surface area contributed by atoms with Crippen LogP contribution >= 0.6 is 27.5 Å². The largest absolute Gasteiger partial charge is 0.490 e. The first kappa shape index (κ1) is 23.3. The second-order valence-electron chi connectivity index (χ2n) is 8.13. The van der Waals surface area contributed by atoms with E-state index in [1.54, 1.807) is 48.7 Å². The first-order chi connectivity index (χ1) is 16.9. The van der Waals surface area contributed by atoms with E-state index in [-0.39, 0.29) is 11.7 Å². The van der Waals surface area contributed by atoms with Crippen LogP contribution in [0.2, 0.25) is 5.02 Å². The van der Waals surface area contributed by atoms with E-state index >= 15 is 0 Å². The van der Waals surface area contributed by atoms with Gasteiger partial charge in [-0.3, -0.25) is 4.79 Å². The van der Waals surface area contributed by atoms with Gasteiger partial charge in [-0.05, 0) is 89.4 Å². The third-order valence-corrected chi connectivity index (χ3v) is 6.49. The van der Waals surface area contributed by atoms with Crippen molar-refractivity contribution in [1.29, 1.82) is 0 Å². The van der Waals surface area contributed by atoms with Crippen LogP contribution in [0.4, 0.5) is 0 Å². The molecule has 0 aliphatic rings. The molecule has 0 fully saturated rings. The molecule has 0 aliphatic carbocycles. The number of halogens is 2. The van der Waals surface area contributed by atoms with E-state index in [1.165, 1.54) is 4.68 Å². The zero-order valence-corrected chi connectivity index (χ0v) is 21.4. The molecule has 176 valence electrons. The van der Waals surface area contributed by atoms with Crippen molar-refractivity contribution >= 4 is 55.6 Å². The van der Waals surface area contributed by atoms with Crippen LogP contribution in [0.3, 0.4) is 0 Å². The lowest BCUT2D eigenvalue weighted by Gasteiger charge is -2.14. The number of ether oxygens (including phenoxy) is 1. The van der Waals surface area contributed by atoms with E-state index < -0.39 is 0 Å². The summed E-state index contributed by atoms with van der Waals surface area (Å²) in [6, 6.07) is 20.0. The third kappa shape index (κ3) is 4.74. The van der Waals surface area contributed by atoms with E-state index in [0.717, 1.165) is 27.6 Å². The minimum Gasteiger partial charge on any atom is -0.490 e. The van der Waals surface area contributed by atoms with Crippen molar-refractivity contribution in [1.82, 2.24) is 9.66 Å². The Morgan fingerprint density at radius 2 is 2.00 bits per heavy atom. The van der Waals surface area contributed by atoms with Crippen LogP contribution in [0.25, 0.3) is 33.5 Å². The van der Waals surface area contributed by atoms with Crippen LogP contribution in [-0.4, -0.2) is 22.0 Å². The maximum absolute atomic E-state index is 13.4. The quantitative estimate of drug-likeness (QED) is 0.208. The van der Waals surface area contributed by atoms with Crippen LogP contribution in [0, 0.1) is 0 Å². The van der Waals surface area contributed by atoms with Crippen molar-refractivity contribution < 1.29 is 9.15 Å². The minimum atomic E-state index is -0.295. The molecule has 0 saturated heterocycles. The van der Waals surface area contributed by atoms with E-state index in [9.17, 15) is 4.79 Å². The summed E-state index contributed by atoms with van der Waals surface area (Å²) >= 11 is 9.70. The second kappa shape index (κ2) is 9.68. The molecule has 0 spiro atoms. The van der Waals surface area contributed by atoms with Crippen molar-refractivity contribution in [2.45, 2.75) is 26.4 Å². The molecule has 6 nitrogen and oxygen atoms in total. The monoisotopic (exact) mass is 549 g/mol. The molecule has 5 aromatic rings. The first-order valence-corrected chi connectivity index (χ1v) is 12.3. The Labute approximate surface area is 214 Å². The fourth-order valence-electron chi connectivity index (χ4n) is 3.63. The van der Waals surface area contributed by atoms with Gasteiger partial charge < -0.3 is 9.15 Å². The zero-order chi connectivity index (χ0) is 24.5. The maximum Gasteiger partial charge on any atom is 0.282 e. The van der Waals surface area contributed by atoms with Crippen LogP contribution in [-0.2, 0) is 0 Å². The number of furan rings is 1. The highest BCUT2D eigenvalue weighted by molar-refractivity contribution is 9.10. The number of para-hydroxylation sites is 1. The number of fused-ring (bicyclic) bond motifs is 2. The fraction of sp³-hybridized carbons (Fsp3) is 0.148. The van der Waals surface area contributed by atoms with Crippen LogP contribution in [0.15, 0.2) is 85.5 Å². The number of aromatic nitrogens is 2. The van der Waals surface area contributed by atoms with Crippen molar-refractivity contribution in [3.05, 3.63) is 92.1 Å². The van der Waals surface area contributed by atoms with Gasteiger partial charge in [-0.1, -0.05) is 30.7 Å². The van der Waals surface area contributed by atoms with Gasteiger partial charge in [0.05, 0.1) is 27.7 Å². The molecule has 5 rings (SSSR count). The Morgan fingerprint density at radius 1 is 1.17 bits per heavy atom. The summed E-state index contributed by atoms with van der Waals surface area (Å²) in [7, 11) is 0. The van der Waals surface area contributed by atoms with Gasteiger partial charge in [-0.2, -0.15) is 9.78 Å². The maximum atomic E-state index is 13.4. The van der Waals surface area contributed by atoms with Gasteiger partial charge in [0.15, 0.2) is 5.76 Å². The Balaban J connectivity index is 1.61. The molecule has 1 atom stereocenters. The summed E-state index contributed by atoms with van der Waals surface area (Å²) in [6.07, 6.45) is 2.62. The van der Waals surface area contributed by atoms with Gasteiger partial charge >= 0.3 is 0 Å². The molecule has 0 saturated carbocycles. The molecule has 2 aromatic heterocycles. The normalized spacial score (nSPS) is 12.6. The lowest BCUT2D eigenvalue weighted by atomic mass is 10.2. The van der Waals surface area contributed by atoms with E-state index in [2.05, 4.69) is 28.0 Å². The topological polar surface area (TPSA) is 69.6 Å². The van der Waals surface area contributed by atoms with Crippen molar-refractivity contribution in [3.8, 4) is 17.3 Å². The standard InChI is InChI=1S/C27H21BrClN3O3/c1-3-16(2)34-24-10-8-17(12-21(24)28)15-30-32-26(31-22-7-5-4-6-20(22)27(32)33)25-14-18-13-19(29)9-11-23(18)35-25/h4-16H,3H2,1-2H3/t16-/m0/s1. The van der Waals surface area contributed by atoms with Crippen molar-refractivity contribution in [3.63, 3.8) is 0 Å².